The van der Waals surface area contributed by atoms with Crippen LogP contribution in [0.25, 0.3) is 11.1 Å². The predicted octanol–water partition coefficient (Wildman–Crippen LogP) is 4.23. The van der Waals surface area contributed by atoms with Gasteiger partial charge < -0.3 is 0 Å². The Balaban J connectivity index is 2.72. The Kier molecular flexibility index (Phi) is 3.57. The zero-order valence-corrected chi connectivity index (χ0v) is 10.2. The average molecular weight is 286 g/mol. The van der Waals surface area contributed by atoms with E-state index >= 15 is 0 Å². The molecular formula is C13H7ClF3NO. The molecule has 0 aliphatic heterocycles. The minimum Gasteiger partial charge on any atom is -0.296 e. The fourth-order valence-electron chi connectivity index (χ4n) is 1.72. The van der Waals surface area contributed by atoms with E-state index in [9.17, 15) is 18.0 Å². The molecule has 0 bridgehead atoms. The summed E-state index contributed by atoms with van der Waals surface area (Å²) in [6.45, 7) is 0. The van der Waals surface area contributed by atoms with Gasteiger partial charge in [-0.3, -0.25) is 9.78 Å². The van der Waals surface area contributed by atoms with Crippen LogP contribution in [0.3, 0.4) is 0 Å². The van der Waals surface area contributed by atoms with Gasteiger partial charge in [-0.1, -0.05) is 29.8 Å². The molecule has 2 nitrogen and oxygen atoms in total. The van der Waals surface area contributed by atoms with E-state index in [4.69, 9.17) is 11.6 Å². The first-order valence-corrected chi connectivity index (χ1v) is 5.58. The molecule has 0 saturated carbocycles. The standard InChI is InChI=1S/C13H7ClF3NO/c14-8-5-10(12(7-19)18-6-8)9-3-1-2-4-11(9)13(15,16)17/h1-7H. The summed E-state index contributed by atoms with van der Waals surface area (Å²) >= 11 is 5.73. The Morgan fingerprint density at radius 3 is 2.47 bits per heavy atom. The Morgan fingerprint density at radius 1 is 1.16 bits per heavy atom. The highest BCUT2D eigenvalue weighted by Crippen LogP contribution is 2.38. The predicted molar refractivity (Wildman–Crippen MR) is 65.1 cm³/mol. The van der Waals surface area contributed by atoms with Crippen molar-refractivity contribution in [2.75, 3.05) is 0 Å². The summed E-state index contributed by atoms with van der Waals surface area (Å²) in [6.07, 6.45) is -2.90. The van der Waals surface area contributed by atoms with Gasteiger partial charge in [0.05, 0.1) is 10.6 Å². The van der Waals surface area contributed by atoms with Gasteiger partial charge in [-0.25, -0.2) is 0 Å². The highest BCUT2D eigenvalue weighted by Gasteiger charge is 2.33. The largest absolute Gasteiger partial charge is 0.417 e. The minimum absolute atomic E-state index is 0.0652. The van der Waals surface area contributed by atoms with Crippen molar-refractivity contribution >= 4 is 17.9 Å². The zero-order chi connectivity index (χ0) is 14.0. The molecule has 0 aliphatic carbocycles. The number of halogens is 4. The second-order valence-electron chi connectivity index (χ2n) is 3.75. The van der Waals surface area contributed by atoms with Crippen LogP contribution < -0.4 is 0 Å². The van der Waals surface area contributed by atoms with Crippen molar-refractivity contribution in [2.45, 2.75) is 6.18 Å². The van der Waals surface area contributed by atoms with E-state index < -0.39 is 11.7 Å². The third kappa shape index (κ3) is 2.76. The molecule has 0 radical (unpaired) electrons. The molecule has 6 heteroatoms. The number of carbonyl (C=O) groups is 1. The van der Waals surface area contributed by atoms with E-state index in [1.54, 1.807) is 0 Å². The Hall–Kier alpha value is -1.88. The quantitative estimate of drug-likeness (QED) is 0.773. The molecule has 0 saturated heterocycles. The van der Waals surface area contributed by atoms with Gasteiger partial charge in [0.25, 0.3) is 0 Å². The zero-order valence-electron chi connectivity index (χ0n) is 9.41. The van der Waals surface area contributed by atoms with Gasteiger partial charge in [0.2, 0.25) is 0 Å². The lowest BCUT2D eigenvalue weighted by Crippen LogP contribution is -2.07. The number of aromatic nitrogens is 1. The Bertz CT molecular complexity index is 626. The number of alkyl halides is 3. The van der Waals surface area contributed by atoms with Crippen molar-refractivity contribution in [2.24, 2.45) is 0 Å². The summed E-state index contributed by atoms with van der Waals surface area (Å²) in [7, 11) is 0. The van der Waals surface area contributed by atoms with E-state index in [1.165, 1.54) is 30.5 Å². The molecular weight excluding hydrogens is 279 g/mol. The van der Waals surface area contributed by atoms with E-state index in [0.29, 0.717) is 6.29 Å². The number of benzene rings is 1. The summed E-state index contributed by atoms with van der Waals surface area (Å²) in [4.78, 5) is 14.6. The van der Waals surface area contributed by atoms with Crippen LogP contribution in [-0.4, -0.2) is 11.3 Å². The molecule has 1 aromatic heterocycles. The van der Waals surface area contributed by atoms with Crippen molar-refractivity contribution in [1.82, 2.24) is 4.98 Å². The van der Waals surface area contributed by atoms with Gasteiger partial charge in [-0.2, -0.15) is 13.2 Å². The fraction of sp³-hybridized carbons (Fsp3) is 0.0769. The maximum atomic E-state index is 12.9. The number of aldehydes is 1. The molecule has 2 aromatic rings. The van der Waals surface area contributed by atoms with Gasteiger partial charge >= 0.3 is 6.18 Å². The number of carbonyl (C=O) groups excluding carboxylic acids is 1. The molecule has 98 valence electrons. The van der Waals surface area contributed by atoms with Crippen molar-refractivity contribution in [3.8, 4) is 11.1 Å². The molecule has 0 unspecified atom stereocenters. The number of pyridine rings is 1. The maximum Gasteiger partial charge on any atom is 0.417 e. The van der Waals surface area contributed by atoms with Crippen LogP contribution in [0.4, 0.5) is 13.2 Å². The van der Waals surface area contributed by atoms with Crippen LogP contribution in [0.2, 0.25) is 5.02 Å². The molecule has 0 aliphatic rings. The van der Waals surface area contributed by atoms with Crippen molar-refractivity contribution < 1.29 is 18.0 Å². The van der Waals surface area contributed by atoms with Crippen LogP contribution in [0.15, 0.2) is 36.5 Å². The lowest BCUT2D eigenvalue weighted by molar-refractivity contribution is -0.137. The van der Waals surface area contributed by atoms with Crippen molar-refractivity contribution in [3.63, 3.8) is 0 Å². The van der Waals surface area contributed by atoms with Crippen LogP contribution in [0, 0.1) is 0 Å². The molecule has 2 rings (SSSR count). The summed E-state index contributed by atoms with van der Waals surface area (Å²) in [6, 6.07) is 6.27. The average Bonchev–Trinajstić information content (AvgIpc) is 2.37. The maximum absolute atomic E-state index is 12.9. The third-order valence-corrected chi connectivity index (χ3v) is 2.73. The minimum atomic E-state index is -4.51. The second kappa shape index (κ2) is 5.01. The Labute approximate surface area is 111 Å². The summed E-state index contributed by atoms with van der Waals surface area (Å²) in [5.41, 5.74) is -0.967. The summed E-state index contributed by atoms with van der Waals surface area (Å²) in [5, 5.41) is 0.164. The molecule has 0 amide bonds. The van der Waals surface area contributed by atoms with Gasteiger partial charge in [0.15, 0.2) is 6.29 Å². The first-order chi connectivity index (χ1) is 8.93. The SMILES string of the molecule is O=Cc1ncc(Cl)cc1-c1ccccc1C(F)(F)F. The summed E-state index contributed by atoms with van der Waals surface area (Å²) < 4.78 is 38.8. The van der Waals surface area contributed by atoms with Crippen LogP contribution in [0.5, 0.6) is 0 Å². The van der Waals surface area contributed by atoms with E-state index in [0.717, 1.165) is 6.07 Å². The first kappa shape index (κ1) is 13.5. The highest BCUT2D eigenvalue weighted by atomic mass is 35.5. The van der Waals surface area contributed by atoms with Crippen molar-refractivity contribution in [1.29, 1.82) is 0 Å². The number of hydrogen-bond donors (Lipinski definition) is 0. The second-order valence-corrected chi connectivity index (χ2v) is 4.18. The fourth-order valence-corrected chi connectivity index (χ4v) is 1.88. The summed E-state index contributed by atoms with van der Waals surface area (Å²) in [5.74, 6) is 0. The molecule has 0 N–H and O–H groups in total. The first-order valence-electron chi connectivity index (χ1n) is 5.21. The van der Waals surface area contributed by atoms with E-state index in [2.05, 4.69) is 4.98 Å². The number of hydrogen-bond acceptors (Lipinski definition) is 2. The van der Waals surface area contributed by atoms with Crippen LogP contribution >= 0.6 is 11.6 Å². The molecule has 1 aromatic carbocycles. The van der Waals surface area contributed by atoms with E-state index in [1.807, 2.05) is 0 Å². The molecule has 0 atom stereocenters. The van der Waals surface area contributed by atoms with E-state index in [-0.39, 0.29) is 21.8 Å². The van der Waals surface area contributed by atoms with Gasteiger partial charge in [0.1, 0.15) is 5.69 Å². The lowest BCUT2D eigenvalue weighted by atomic mass is 9.98. The van der Waals surface area contributed by atoms with Crippen LogP contribution in [0.1, 0.15) is 16.1 Å². The van der Waals surface area contributed by atoms with Gasteiger partial charge in [-0.15, -0.1) is 0 Å². The Morgan fingerprint density at radius 2 is 1.84 bits per heavy atom. The molecule has 19 heavy (non-hydrogen) atoms. The highest BCUT2D eigenvalue weighted by molar-refractivity contribution is 6.30. The van der Waals surface area contributed by atoms with Gasteiger partial charge in [0, 0.05) is 11.8 Å². The smallest absolute Gasteiger partial charge is 0.296 e. The normalized spacial score (nSPS) is 11.4. The third-order valence-electron chi connectivity index (χ3n) is 2.52. The van der Waals surface area contributed by atoms with Gasteiger partial charge in [-0.05, 0) is 17.7 Å². The number of nitrogens with zero attached hydrogens (tertiary/aromatic N) is 1. The monoisotopic (exact) mass is 285 g/mol. The van der Waals surface area contributed by atoms with Crippen LogP contribution in [-0.2, 0) is 6.18 Å². The number of rotatable bonds is 2. The molecule has 1 heterocycles. The molecule has 0 fully saturated rings. The lowest BCUT2D eigenvalue weighted by Gasteiger charge is -2.13. The topological polar surface area (TPSA) is 30.0 Å². The molecule has 0 spiro atoms. The van der Waals surface area contributed by atoms with Crippen molar-refractivity contribution in [3.05, 3.63) is 52.8 Å².